The molecular weight excluding hydrogens is 298 g/mol. The van der Waals surface area contributed by atoms with E-state index in [1.165, 1.54) is 0 Å². The van der Waals surface area contributed by atoms with Crippen LogP contribution in [-0.2, 0) is 9.59 Å². The third kappa shape index (κ3) is 2.41. The summed E-state index contributed by atoms with van der Waals surface area (Å²) in [5.41, 5.74) is -0.225. The molecule has 1 fully saturated rings. The molecule has 0 bridgehead atoms. The Bertz CT molecular complexity index is 480. The molecule has 1 atom stereocenters. The van der Waals surface area contributed by atoms with Gasteiger partial charge in [0.25, 0.3) is 0 Å². The average molecular weight is 312 g/mol. The maximum absolute atomic E-state index is 11.9. The Morgan fingerprint density at radius 1 is 1.33 bits per heavy atom. The second-order valence-corrected chi connectivity index (χ2v) is 5.55. The SMILES string of the molecule is C[C@@H](NC(=O)C1(C(=O)O)CC1)c1ccc(Br)cc1. The van der Waals surface area contributed by atoms with Crippen molar-refractivity contribution in [1.82, 2.24) is 5.32 Å². The molecule has 1 aliphatic carbocycles. The van der Waals surface area contributed by atoms with E-state index >= 15 is 0 Å². The molecule has 4 nitrogen and oxygen atoms in total. The summed E-state index contributed by atoms with van der Waals surface area (Å²) in [5, 5.41) is 11.8. The molecule has 1 aromatic rings. The molecule has 18 heavy (non-hydrogen) atoms. The molecule has 0 aliphatic heterocycles. The Kier molecular flexibility index (Phi) is 3.43. The zero-order valence-corrected chi connectivity index (χ0v) is 11.5. The number of carbonyl (C=O) groups is 2. The second kappa shape index (κ2) is 4.72. The van der Waals surface area contributed by atoms with Gasteiger partial charge in [0.1, 0.15) is 5.41 Å². The lowest BCUT2D eigenvalue weighted by Crippen LogP contribution is -2.38. The summed E-state index contributed by atoms with van der Waals surface area (Å²) in [7, 11) is 0. The number of amides is 1. The smallest absolute Gasteiger partial charge is 0.319 e. The van der Waals surface area contributed by atoms with E-state index in [1.54, 1.807) is 0 Å². The Hall–Kier alpha value is -1.36. The monoisotopic (exact) mass is 311 g/mol. The first-order valence-electron chi connectivity index (χ1n) is 5.75. The number of hydrogen-bond donors (Lipinski definition) is 2. The number of benzene rings is 1. The van der Waals surface area contributed by atoms with Crippen LogP contribution in [0.15, 0.2) is 28.7 Å². The average Bonchev–Trinajstić information content (AvgIpc) is 3.10. The van der Waals surface area contributed by atoms with Crippen LogP contribution in [0.25, 0.3) is 0 Å². The fourth-order valence-corrected chi connectivity index (χ4v) is 2.10. The van der Waals surface area contributed by atoms with Crippen molar-refractivity contribution in [3.05, 3.63) is 34.3 Å². The first-order chi connectivity index (χ1) is 8.45. The van der Waals surface area contributed by atoms with Crippen LogP contribution in [-0.4, -0.2) is 17.0 Å². The van der Waals surface area contributed by atoms with Gasteiger partial charge in [-0.15, -0.1) is 0 Å². The third-order valence-corrected chi connectivity index (χ3v) is 3.84. The highest BCUT2D eigenvalue weighted by Crippen LogP contribution is 2.46. The highest BCUT2D eigenvalue weighted by molar-refractivity contribution is 9.10. The van der Waals surface area contributed by atoms with Gasteiger partial charge < -0.3 is 10.4 Å². The van der Waals surface area contributed by atoms with Crippen LogP contribution in [0.2, 0.25) is 0 Å². The van der Waals surface area contributed by atoms with Crippen molar-refractivity contribution in [2.75, 3.05) is 0 Å². The lowest BCUT2D eigenvalue weighted by molar-refractivity contribution is -0.149. The lowest BCUT2D eigenvalue weighted by atomic mass is 10.0. The summed E-state index contributed by atoms with van der Waals surface area (Å²) in [4.78, 5) is 22.9. The largest absolute Gasteiger partial charge is 0.480 e. The summed E-state index contributed by atoms with van der Waals surface area (Å²) in [6.07, 6.45) is 0.864. The van der Waals surface area contributed by atoms with Crippen LogP contribution in [0.4, 0.5) is 0 Å². The number of carbonyl (C=O) groups excluding carboxylic acids is 1. The van der Waals surface area contributed by atoms with Crippen molar-refractivity contribution in [1.29, 1.82) is 0 Å². The minimum atomic E-state index is -1.18. The van der Waals surface area contributed by atoms with E-state index < -0.39 is 11.4 Å². The highest BCUT2D eigenvalue weighted by atomic mass is 79.9. The summed E-state index contributed by atoms with van der Waals surface area (Å²) in [6, 6.07) is 7.39. The van der Waals surface area contributed by atoms with Crippen molar-refractivity contribution in [2.24, 2.45) is 5.41 Å². The third-order valence-electron chi connectivity index (χ3n) is 3.31. The normalized spacial score (nSPS) is 17.9. The predicted molar refractivity (Wildman–Crippen MR) is 70.0 cm³/mol. The summed E-state index contributed by atoms with van der Waals surface area (Å²) >= 11 is 3.34. The second-order valence-electron chi connectivity index (χ2n) is 4.63. The molecular formula is C13H14BrNO3. The van der Waals surface area contributed by atoms with Crippen LogP contribution < -0.4 is 5.32 Å². The van der Waals surface area contributed by atoms with Gasteiger partial charge in [-0.25, -0.2) is 0 Å². The molecule has 1 aliphatic rings. The summed E-state index contributed by atoms with van der Waals surface area (Å²) in [6.45, 7) is 1.85. The molecule has 5 heteroatoms. The number of carboxylic acids is 1. The molecule has 1 aromatic carbocycles. The van der Waals surface area contributed by atoms with Crippen LogP contribution in [0, 0.1) is 5.41 Å². The molecule has 2 N–H and O–H groups in total. The van der Waals surface area contributed by atoms with Gasteiger partial charge in [0.2, 0.25) is 5.91 Å². The molecule has 0 spiro atoms. The molecule has 96 valence electrons. The first kappa shape index (κ1) is 13.1. The van der Waals surface area contributed by atoms with Crippen LogP contribution >= 0.6 is 15.9 Å². The maximum atomic E-state index is 11.9. The van der Waals surface area contributed by atoms with Gasteiger partial charge in [0.05, 0.1) is 6.04 Å². The fourth-order valence-electron chi connectivity index (χ4n) is 1.83. The molecule has 0 unspecified atom stereocenters. The number of rotatable bonds is 4. The number of carboxylic acid groups (broad SMARTS) is 1. The topological polar surface area (TPSA) is 66.4 Å². The molecule has 0 saturated heterocycles. The zero-order chi connectivity index (χ0) is 13.3. The molecule has 1 amide bonds. The molecule has 0 radical (unpaired) electrons. The van der Waals surface area contributed by atoms with Crippen molar-refractivity contribution >= 4 is 27.8 Å². The van der Waals surface area contributed by atoms with Crippen LogP contribution in [0.3, 0.4) is 0 Å². The fraction of sp³-hybridized carbons (Fsp3) is 0.385. The number of nitrogens with one attached hydrogen (secondary N) is 1. The number of hydrogen-bond acceptors (Lipinski definition) is 2. The van der Waals surface area contributed by atoms with Gasteiger partial charge in [0.15, 0.2) is 0 Å². The molecule has 2 rings (SSSR count). The van der Waals surface area contributed by atoms with Crippen LogP contribution in [0.5, 0.6) is 0 Å². The Labute approximate surface area is 114 Å². The standard InChI is InChI=1S/C13H14BrNO3/c1-8(9-2-4-10(14)5-3-9)15-11(16)13(6-7-13)12(17)18/h2-5,8H,6-7H2,1H3,(H,15,16)(H,17,18)/t8-/m1/s1. The van der Waals surface area contributed by atoms with Gasteiger partial charge in [-0.3, -0.25) is 9.59 Å². The minimum absolute atomic E-state index is 0.192. The van der Waals surface area contributed by atoms with Gasteiger partial charge in [-0.05, 0) is 37.5 Å². The van der Waals surface area contributed by atoms with Crippen LogP contribution in [0.1, 0.15) is 31.4 Å². The summed E-state index contributed by atoms with van der Waals surface area (Å²) < 4.78 is 0.967. The van der Waals surface area contributed by atoms with Crippen molar-refractivity contribution in [3.63, 3.8) is 0 Å². The van der Waals surface area contributed by atoms with Gasteiger partial charge in [-0.2, -0.15) is 0 Å². The number of halogens is 1. The van der Waals surface area contributed by atoms with E-state index in [0.29, 0.717) is 12.8 Å². The summed E-state index contributed by atoms with van der Waals surface area (Å²) in [5.74, 6) is -1.41. The Balaban J connectivity index is 2.04. The Morgan fingerprint density at radius 2 is 1.89 bits per heavy atom. The van der Waals surface area contributed by atoms with E-state index in [9.17, 15) is 9.59 Å². The van der Waals surface area contributed by atoms with E-state index in [4.69, 9.17) is 5.11 Å². The molecule has 1 saturated carbocycles. The van der Waals surface area contributed by atoms with Crippen molar-refractivity contribution in [3.8, 4) is 0 Å². The Morgan fingerprint density at radius 3 is 2.33 bits per heavy atom. The van der Waals surface area contributed by atoms with E-state index in [1.807, 2.05) is 31.2 Å². The van der Waals surface area contributed by atoms with Gasteiger partial charge in [0, 0.05) is 4.47 Å². The first-order valence-corrected chi connectivity index (χ1v) is 6.55. The van der Waals surface area contributed by atoms with Gasteiger partial charge in [-0.1, -0.05) is 28.1 Å². The zero-order valence-electron chi connectivity index (χ0n) is 9.94. The maximum Gasteiger partial charge on any atom is 0.319 e. The van der Waals surface area contributed by atoms with Crippen molar-refractivity contribution in [2.45, 2.75) is 25.8 Å². The minimum Gasteiger partial charge on any atom is -0.480 e. The lowest BCUT2D eigenvalue weighted by Gasteiger charge is -2.17. The van der Waals surface area contributed by atoms with E-state index in [2.05, 4.69) is 21.2 Å². The number of aliphatic carboxylic acids is 1. The predicted octanol–water partition coefficient (Wildman–Crippen LogP) is 2.49. The quantitative estimate of drug-likeness (QED) is 0.840. The van der Waals surface area contributed by atoms with Gasteiger partial charge >= 0.3 is 5.97 Å². The van der Waals surface area contributed by atoms with E-state index in [-0.39, 0.29) is 11.9 Å². The molecule has 0 heterocycles. The van der Waals surface area contributed by atoms with E-state index in [0.717, 1.165) is 10.0 Å². The molecule has 0 aromatic heterocycles. The van der Waals surface area contributed by atoms with Crippen molar-refractivity contribution < 1.29 is 14.7 Å². The highest BCUT2D eigenvalue weighted by Gasteiger charge is 2.57.